The van der Waals surface area contributed by atoms with Gasteiger partial charge in [-0.1, -0.05) is 97.1 Å². The van der Waals surface area contributed by atoms with Gasteiger partial charge in [-0.25, -0.2) is 4.98 Å². The maximum absolute atomic E-state index is 5.24. The number of aromatic nitrogens is 2. The zero-order valence-corrected chi connectivity index (χ0v) is 20.6. The Hall–Kier alpha value is -5.15. The molecule has 38 heavy (non-hydrogen) atoms. The Morgan fingerprint density at radius 1 is 0.474 bits per heavy atom. The van der Waals surface area contributed by atoms with Crippen LogP contribution in [0.15, 0.2) is 140 Å². The minimum atomic E-state index is 0.887. The SMILES string of the molecule is c1ccc(-c2cccc(N3c4cc5ccccc5cc4-c4ccccc4-n4c3nc3ccccc34)c2)cc1. The summed E-state index contributed by atoms with van der Waals surface area (Å²) in [5.74, 6) is 0.887. The molecule has 6 aromatic carbocycles. The second kappa shape index (κ2) is 8.19. The number of hydrogen-bond acceptors (Lipinski definition) is 2. The van der Waals surface area contributed by atoms with Gasteiger partial charge in [0, 0.05) is 16.8 Å². The van der Waals surface area contributed by atoms with Gasteiger partial charge >= 0.3 is 0 Å². The largest absolute Gasteiger partial charge is 0.280 e. The molecule has 0 N–H and O–H groups in total. The molecule has 0 saturated carbocycles. The summed E-state index contributed by atoms with van der Waals surface area (Å²) in [5, 5.41) is 2.43. The molecular formula is C35H23N3. The molecule has 1 aliphatic heterocycles. The van der Waals surface area contributed by atoms with Crippen LogP contribution in [0.2, 0.25) is 0 Å². The fourth-order valence-corrected chi connectivity index (χ4v) is 5.74. The van der Waals surface area contributed by atoms with Crippen LogP contribution in [-0.2, 0) is 0 Å². The zero-order chi connectivity index (χ0) is 25.1. The Bertz CT molecular complexity index is 1980. The zero-order valence-electron chi connectivity index (χ0n) is 20.6. The molecule has 3 heteroatoms. The molecule has 7 aromatic rings. The first-order chi connectivity index (χ1) is 18.8. The molecule has 0 bridgehead atoms. The monoisotopic (exact) mass is 485 g/mol. The van der Waals surface area contributed by atoms with Gasteiger partial charge in [0.25, 0.3) is 0 Å². The van der Waals surface area contributed by atoms with Crippen LogP contribution in [0.1, 0.15) is 0 Å². The lowest BCUT2D eigenvalue weighted by atomic mass is 9.97. The van der Waals surface area contributed by atoms with Crippen molar-refractivity contribution >= 4 is 39.1 Å². The first-order valence-corrected chi connectivity index (χ1v) is 12.9. The highest BCUT2D eigenvalue weighted by Crippen LogP contribution is 2.49. The number of hydrogen-bond donors (Lipinski definition) is 0. The smallest absolute Gasteiger partial charge is 0.220 e. The predicted molar refractivity (Wildman–Crippen MR) is 158 cm³/mol. The Morgan fingerprint density at radius 3 is 2.08 bits per heavy atom. The summed E-state index contributed by atoms with van der Waals surface area (Å²) >= 11 is 0. The summed E-state index contributed by atoms with van der Waals surface area (Å²) in [6.45, 7) is 0. The second-order valence-electron chi connectivity index (χ2n) is 9.72. The van der Waals surface area contributed by atoms with Crippen molar-refractivity contribution in [2.75, 3.05) is 4.90 Å². The quantitative estimate of drug-likeness (QED) is 0.243. The van der Waals surface area contributed by atoms with Crippen LogP contribution in [0, 0.1) is 0 Å². The summed E-state index contributed by atoms with van der Waals surface area (Å²) in [6.07, 6.45) is 0. The second-order valence-corrected chi connectivity index (χ2v) is 9.72. The molecule has 0 unspecified atom stereocenters. The van der Waals surface area contributed by atoms with Crippen LogP contribution in [0.4, 0.5) is 17.3 Å². The van der Waals surface area contributed by atoms with Gasteiger partial charge in [0.1, 0.15) is 0 Å². The molecule has 0 radical (unpaired) electrons. The number of imidazole rings is 1. The van der Waals surface area contributed by atoms with E-state index in [2.05, 4.69) is 149 Å². The highest BCUT2D eigenvalue weighted by Gasteiger charge is 2.29. The van der Waals surface area contributed by atoms with E-state index < -0.39 is 0 Å². The van der Waals surface area contributed by atoms with E-state index in [0.29, 0.717) is 0 Å². The van der Waals surface area contributed by atoms with Crippen molar-refractivity contribution < 1.29 is 0 Å². The Balaban J connectivity index is 1.50. The van der Waals surface area contributed by atoms with Crippen molar-refractivity contribution in [3.8, 4) is 27.9 Å². The molecule has 3 nitrogen and oxygen atoms in total. The van der Waals surface area contributed by atoms with Gasteiger partial charge in [0.15, 0.2) is 0 Å². The van der Waals surface area contributed by atoms with Crippen molar-refractivity contribution in [1.29, 1.82) is 0 Å². The Labute approximate surface area is 220 Å². The van der Waals surface area contributed by atoms with Crippen molar-refractivity contribution in [2.24, 2.45) is 0 Å². The Kier molecular flexibility index (Phi) is 4.52. The van der Waals surface area contributed by atoms with Gasteiger partial charge in [0.05, 0.1) is 22.4 Å². The summed E-state index contributed by atoms with van der Waals surface area (Å²) in [4.78, 5) is 7.57. The van der Waals surface area contributed by atoms with Crippen molar-refractivity contribution in [2.45, 2.75) is 0 Å². The fraction of sp³-hybridized carbons (Fsp3) is 0. The third kappa shape index (κ3) is 3.12. The van der Waals surface area contributed by atoms with E-state index in [4.69, 9.17) is 4.98 Å². The normalized spacial score (nSPS) is 12.2. The molecule has 2 heterocycles. The minimum Gasteiger partial charge on any atom is -0.280 e. The van der Waals surface area contributed by atoms with E-state index in [1.54, 1.807) is 0 Å². The van der Waals surface area contributed by atoms with E-state index in [1.807, 2.05) is 0 Å². The molecule has 0 saturated heterocycles. The lowest BCUT2D eigenvalue weighted by molar-refractivity contribution is 1.05. The Morgan fingerprint density at radius 2 is 1.18 bits per heavy atom. The molecule has 0 aliphatic carbocycles. The van der Waals surface area contributed by atoms with Gasteiger partial charge < -0.3 is 0 Å². The number of para-hydroxylation sites is 3. The van der Waals surface area contributed by atoms with Crippen molar-refractivity contribution in [3.63, 3.8) is 0 Å². The van der Waals surface area contributed by atoms with E-state index in [1.165, 1.54) is 33.0 Å². The summed E-state index contributed by atoms with van der Waals surface area (Å²) in [7, 11) is 0. The number of benzene rings is 6. The fourth-order valence-electron chi connectivity index (χ4n) is 5.74. The van der Waals surface area contributed by atoms with Gasteiger partial charge in [0.2, 0.25) is 5.95 Å². The molecule has 1 aromatic heterocycles. The first kappa shape index (κ1) is 21.0. The van der Waals surface area contributed by atoms with Crippen LogP contribution < -0.4 is 4.90 Å². The summed E-state index contributed by atoms with van der Waals surface area (Å²) < 4.78 is 2.31. The summed E-state index contributed by atoms with van der Waals surface area (Å²) in [5.41, 5.74) is 10.2. The van der Waals surface area contributed by atoms with Crippen molar-refractivity contribution in [1.82, 2.24) is 9.55 Å². The topological polar surface area (TPSA) is 21.1 Å². The van der Waals surface area contributed by atoms with E-state index in [9.17, 15) is 0 Å². The van der Waals surface area contributed by atoms with Gasteiger partial charge in [-0.05, 0) is 64.4 Å². The number of anilines is 3. The molecule has 0 atom stereocenters. The van der Waals surface area contributed by atoms with Crippen LogP contribution in [-0.4, -0.2) is 9.55 Å². The predicted octanol–water partition coefficient (Wildman–Crippen LogP) is 9.30. The summed E-state index contributed by atoms with van der Waals surface area (Å²) in [6, 6.07) is 49.6. The highest BCUT2D eigenvalue weighted by molar-refractivity contribution is 6.02. The standard InChI is InChI=1S/C35H23N3/c1-2-11-24(12-3-1)25-15-10-16-28(21-25)37-34-23-27-14-5-4-13-26(27)22-30(34)29-17-6-8-19-32(29)38-33-20-9-7-18-31(33)36-35(37)38/h1-23H. The van der Waals surface area contributed by atoms with Crippen LogP contribution in [0.25, 0.3) is 49.7 Å². The minimum absolute atomic E-state index is 0.887. The lowest BCUT2D eigenvalue weighted by Gasteiger charge is -2.25. The first-order valence-electron chi connectivity index (χ1n) is 12.9. The molecule has 0 fully saturated rings. The van der Waals surface area contributed by atoms with E-state index in [0.717, 1.165) is 34.0 Å². The van der Waals surface area contributed by atoms with Gasteiger partial charge in [-0.15, -0.1) is 0 Å². The molecule has 1 aliphatic rings. The third-order valence-electron chi connectivity index (χ3n) is 7.49. The average Bonchev–Trinajstić information content (AvgIpc) is 3.31. The van der Waals surface area contributed by atoms with E-state index >= 15 is 0 Å². The number of rotatable bonds is 2. The lowest BCUT2D eigenvalue weighted by Crippen LogP contribution is -2.14. The van der Waals surface area contributed by atoms with Crippen LogP contribution >= 0.6 is 0 Å². The number of nitrogens with zero attached hydrogens (tertiary/aromatic N) is 3. The molecule has 178 valence electrons. The molecular weight excluding hydrogens is 462 g/mol. The highest BCUT2D eigenvalue weighted by atomic mass is 15.3. The maximum atomic E-state index is 5.24. The third-order valence-corrected chi connectivity index (χ3v) is 7.49. The van der Waals surface area contributed by atoms with Crippen LogP contribution in [0.5, 0.6) is 0 Å². The molecule has 0 spiro atoms. The number of fused-ring (bicyclic) bond motifs is 8. The van der Waals surface area contributed by atoms with Crippen molar-refractivity contribution in [3.05, 3.63) is 140 Å². The van der Waals surface area contributed by atoms with Gasteiger partial charge in [-0.2, -0.15) is 0 Å². The average molecular weight is 486 g/mol. The van der Waals surface area contributed by atoms with Gasteiger partial charge in [-0.3, -0.25) is 9.47 Å². The molecule has 8 rings (SSSR count). The van der Waals surface area contributed by atoms with E-state index in [-0.39, 0.29) is 0 Å². The maximum Gasteiger partial charge on any atom is 0.220 e. The molecule has 0 amide bonds. The van der Waals surface area contributed by atoms with Crippen LogP contribution in [0.3, 0.4) is 0 Å².